The molecule has 4 rings (SSSR count). The van der Waals surface area contributed by atoms with Crippen LogP contribution in [-0.4, -0.2) is 45.0 Å². The van der Waals surface area contributed by atoms with Crippen LogP contribution in [0.1, 0.15) is 57.1 Å². The molecule has 2 heterocycles. The van der Waals surface area contributed by atoms with Crippen LogP contribution in [0.4, 0.5) is 10.6 Å². The van der Waals surface area contributed by atoms with E-state index < -0.39 is 5.54 Å². The number of nitrogens with one attached hydrogen (secondary N) is 3. The largest absolute Gasteiger partial charge is 0.325 e. The second-order valence-electron chi connectivity index (χ2n) is 7.50. The third-order valence-corrected chi connectivity index (χ3v) is 5.64. The van der Waals surface area contributed by atoms with E-state index in [1.807, 2.05) is 6.07 Å². The molecule has 3 aliphatic rings. The van der Waals surface area contributed by atoms with E-state index in [0.717, 1.165) is 25.0 Å². The van der Waals surface area contributed by atoms with Gasteiger partial charge in [-0.05, 0) is 25.2 Å². The maximum absolute atomic E-state index is 12.5. The summed E-state index contributed by atoms with van der Waals surface area (Å²) in [4.78, 5) is 37.9. The molecule has 8 heteroatoms. The molecule has 2 saturated carbocycles. The molecule has 1 spiro atoms. The lowest BCUT2D eigenvalue weighted by Crippen LogP contribution is -2.44. The average Bonchev–Trinajstić information content (AvgIpc) is 2.95. The number of rotatable bonds is 5. The van der Waals surface area contributed by atoms with Crippen molar-refractivity contribution in [1.29, 1.82) is 0 Å². The van der Waals surface area contributed by atoms with Gasteiger partial charge in [0.2, 0.25) is 5.91 Å². The van der Waals surface area contributed by atoms with Crippen LogP contribution >= 0.6 is 0 Å². The van der Waals surface area contributed by atoms with Crippen molar-refractivity contribution in [3.63, 3.8) is 0 Å². The molecule has 25 heavy (non-hydrogen) atoms. The van der Waals surface area contributed by atoms with Gasteiger partial charge in [0, 0.05) is 30.6 Å². The second kappa shape index (κ2) is 5.86. The summed E-state index contributed by atoms with van der Waals surface area (Å²) in [6.45, 7) is 2.27. The Bertz CT molecular complexity index is 722. The lowest BCUT2D eigenvalue weighted by Gasteiger charge is -2.19. The van der Waals surface area contributed by atoms with Crippen molar-refractivity contribution >= 4 is 23.7 Å². The standard InChI is InChI=1S/C17H23N5O3/c1-10-8-11(10)12-9-13(21-20-12)18-14(23)4-7-22-15(24)17(19-16(22)25)5-2-3-6-17/h9-11H,2-8H2,1H3,(H,19,25)(H2,18,20,21,23)/t10-,11+/m1/s1. The fourth-order valence-electron chi connectivity index (χ4n) is 3.96. The first-order chi connectivity index (χ1) is 12.0. The third kappa shape index (κ3) is 2.89. The Kier molecular flexibility index (Phi) is 3.77. The summed E-state index contributed by atoms with van der Waals surface area (Å²) < 4.78 is 0. The Balaban J connectivity index is 1.30. The van der Waals surface area contributed by atoms with Crippen molar-refractivity contribution in [2.24, 2.45) is 5.92 Å². The van der Waals surface area contributed by atoms with Crippen LogP contribution in [0.3, 0.4) is 0 Å². The first kappa shape index (κ1) is 16.1. The molecule has 2 aliphatic carbocycles. The van der Waals surface area contributed by atoms with E-state index in [1.54, 1.807) is 0 Å². The lowest BCUT2D eigenvalue weighted by molar-refractivity contribution is -0.131. The first-order valence-corrected chi connectivity index (χ1v) is 8.98. The molecule has 3 fully saturated rings. The van der Waals surface area contributed by atoms with Crippen molar-refractivity contribution in [2.45, 2.75) is 56.9 Å². The van der Waals surface area contributed by atoms with Gasteiger partial charge in [-0.25, -0.2) is 4.79 Å². The van der Waals surface area contributed by atoms with E-state index in [0.29, 0.717) is 30.5 Å². The molecule has 0 radical (unpaired) electrons. The molecule has 1 aromatic heterocycles. The van der Waals surface area contributed by atoms with Crippen LogP contribution < -0.4 is 10.6 Å². The van der Waals surface area contributed by atoms with Gasteiger partial charge in [0.1, 0.15) is 5.54 Å². The van der Waals surface area contributed by atoms with Crippen LogP contribution in [0.5, 0.6) is 0 Å². The van der Waals surface area contributed by atoms with Crippen LogP contribution in [-0.2, 0) is 9.59 Å². The van der Waals surface area contributed by atoms with Crippen LogP contribution in [0.25, 0.3) is 0 Å². The van der Waals surface area contributed by atoms with Gasteiger partial charge in [0.05, 0.1) is 0 Å². The number of hydrogen-bond acceptors (Lipinski definition) is 4. The van der Waals surface area contributed by atoms with Crippen molar-refractivity contribution in [2.75, 3.05) is 11.9 Å². The molecule has 0 bridgehead atoms. The Labute approximate surface area is 145 Å². The maximum atomic E-state index is 12.5. The summed E-state index contributed by atoms with van der Waals surface area (Å²) in [7, 11) is 0. The van der Waals surface area contributed by atoms with Crippen LogP contribution in [0, 0.1) is 5.92 Å². The predicted octanol–water partition coefficient (Wildman–Crippen LogP) is 1.73. The number of imide groups is 1. The molecule has 8 nitrogen and oxygen atoms in total. The molecular weight excluding hydrogens is 322 g/mol. The van der Waals surface area contributed by atoms with E-state index in [-0.39, 0.29) is 30.8 Å². The molecule has 1 saturated heterocycles. The highest BCUT2D eigenvalue weighted by atomic mass is 16.2. The highest BCUT2D eigenvalue weighted by Gasteiger charge is 2.52. The van der Waals surface area contributed by atoms with Crippen molar-refractivity contribution < 1.29 is 14.4 Å². The zero-order valence-corrected chi connectivity index (χ0v) is 14.3. The van der Waals surface area contributed by atoms with Crippen molar-refractivity contribution in [3.05, 3.63) is 11.8 Å². The number of nitrogens with zero attached hydrogens (tertiary/aromatic N) is 2. The fraction of sp³-hybridized carbons (Fsp3) is 0.647. The Morgan fingerprint density at radius 1 is 1.40 bits per heavy atom. The molecule has 2 atom stereocenters. The number of aromatic nitrogens is 2. The van der Waals surface area contributed by atoms with E-state index in [1.165, 1.54) is 4.90 Å². The Hall–Kier alpha value is -2.38. The zero-order chi connectivity index (χ0) is 17.6. The minimum atomic E-state index is -0.717. The number of anilines is 1. The molecule has 1 aliphatic heterocycles. The molecule has 134 valence electrons. The topological polar surface area (TPSA) is 107 Å². The fourth-order valence-corrected chi connectivity index (χ4v) is 3.96. The van der Waals surface area contributed by atoms with E-state index in [4.69, 9.17) is 0 Å². The second-order valence-corrected chi connectivity index (χ2v) is 7.50. The number of hydrogen-bond donors (Lipinski definition) is 3. The molecule has 1 aromatic rings. The molecule has 3 N–H and O–H groups in total. The van der Waals surface area contributed by atoms with Crippen molar-refractivity contribution in [1.82, 2.24) is 20.4 Å². The summed E-state index contributed by atoms with van der Waals surface area (Å²) in [6, 6.07) is 1.47. The van der Waals surface area contributed by atoms with E-state index in [2.05, 4.69) is 27.8 Å². The number of carbonyl (C=O) groups excluding carboxylic acids is 3. The minimum Gasteiger partial charge on any atom is -0.323 e. The van der Waals surface area contributed by atoms with Gasteiger partial charge >= 0.3 is 6.03 Å². The van der Waals surface area contributed by atoms with Crippen molar-refractivity contribution in [3.8, 4) is 0 Å². The smallest absolute Gasteiger partial charge is 0.323 e. The molecular formula is C17H23N5O3. The number of aromatic amines is 1. The normalized spacial score (nSPS) is 27.0. The molecule has 0 unspecified atom stereocenters. The maximum Gasteiger partial charge on any atom is 0.325 e. The first-order valence-electron chi connectivity index (χ1n) is 8.98. The Morgan fingerprint density at radius 2 is 2.12 bits per heavy atom. The monoisotopic (exact) mass is 345 g/mol. The van der Waals surface area contributed by atoms with Crippen LogP contribution in [0.15, 0.2) is 6.07 Å². The van der Waals surface area contributed by atoms with E-state index in [9.17, 15) is 14.4 Å². The highest BCUT2D eigenvalue weighted by Crippen LogP contribution is 2.46. The van der Waals surface area contributed by atoms with Gasteiger partial charge in [-0.3, -0.25) is 19.6 Å². The summed E-state index contributed by atoms with van der Waals surface area (Å²) in [5.74, 6) is 1.21. The van der Waals surface area contributed by atoms with Gasteiger partial charge in [0.25, 0.3) is 5.91 Å². The van der Waals surface area contributed by atoms with E-state index >= 15 is 0 Å². The van der Waals surface area contributed by atoms with Gasteiger partial charge < -0.3 is 10.6 Å². The summed E-state index contributed by atoms with van der Waals surface area (Å²) in [5.41, 5.74) is 0.325. The average molecular weight is 345 g/mol. The SMILES string of the molecule is C[C@@H]1C[C@@H]1c1cc(NC(=O)CCN2C(=O)NC3(CCCC3)C2=O)n[nH]1. The Morgan fingerprint density at radius 3 is 2.80 bits per heavy atom. The lowest BCUT2D eigenvalue weighted by atomic mass is 9.98. The van der Waals surface area contributed by atoms with Gasteiger partial charge in [-0.15, -0.1) is 0 Å². The summed E-state index contributed by atoms with van der Waals surface area (Å²) in [5, 5.41) is 12.6. The number of H-pyrrole nitrogens is 1. The minimum absolute atomic E-state index is 0.0667. The predicted molar refractivity (Wildman–Crippen MR) is 89.8 cm³/mol. The summed E-state index contributed by atoms with van der Waals surface area (Å²) >= 11 is 0. The number of carbonyl (C=O) groups is 3. The molecule has 4 amide bonds. The highest BCUT2D eigenvalue weighted by molar-refractivity contribution is 6.07. The van der Waals surface area contributed by atoms with Crippen LogP contribution in [0.2, 0.25) is 0 Å². The quantitative estimate of drug-likeness (QED) is 0.706. The third-order valence-electron chi connectivity index (χ3n) is 5.64. The number of urea groups is 1. The summed E-state index contributed by atoms with van der Waals surface area (Å²) in [6.07, 6.45) is 4.48. The van der Waals surface area contributed by atoms with Gasteiger partial charge in [0.15, 0.2) is 5.82 Å². The van der Waals surface area contributed by atoms with Gasteiger partial charge in [-0.1, -0.05) is 19.8 Å². The number of amides is 4. The molecule has 0 aromatic carbocycles. The zero-order valence-electron chi connectivity index (χ0n) is 14.3. The van der Waals surface area contributed by atoms with Gasteiger partial charge in [-0.2, -0.15) is 5.10 Å².